The van der Waals surface area contributed by atoms with E-state index in [0.717, 1.165) is 13.0 Å². The molecule has 25 heavy (non-hydrogen) atoms. The molecule has 0 saturated heterocycles. The summed E-state index contributed by atoms with van der Waals surface area (Å²) in [5.74, 6) is 1.72. The SMILES string of the molecule is CCn1cc[n+](C)c1C(Cc1ccc(C)cc1)c1ccc(C)cc1.[Br-]. The molecule has 0 N–H and O–H groups in total. The van der Waals surface area contributed by atoms with Gasteiger partial charge >= 0.3 is 0 Å². The van der Waals surface area contributed by atoms with Gasteiger partial charge in [-0.25, -0.2) is 9.13 Å². The molecular formula is C22H27BrN2. The highest BCUT2D eigenvalue weighted by Gasteiger charge is 2.27. The zero-order valence-electron chi connectivity index (χ0n) is 15.5. The normalized spacial score (nSPS) is 11.8. The first-order valence-corrected chi connectivity index (χ1v) is 8.75. The van der Waals surface area contributed by atoms with Gasteiger partial charge in [0.2, 0.25) is 0 Å². The van der Waals surface area contributed by atoms with Crippen molar-refractivity contribution in [2.24, 2.45) is 7.05 Å². The minimum Gasteiger partial charge on any atom is -1.00 e. The van der Waals surface area contributed by atoms with E-state index >= 15 is 0 Å². The third-order valence-electron chi connectivity index (χ3n) is 4.82. The molecule has 2 nitrogen and oxygen atoms in total. The van der Waals surface area contributed by atoms with Crippen LogP contribution in [-0.4, -0.2) is 4.57 Å². The largest absolute Gasteiger partial charge is 1.00 e. The van der Waals surface area contributed by atoms with Crippen LogP contribution in [0, 0.1) is 13.8 Å². The molecule has 1 aromatic heterocycles. The summed E-state index contributed by atoms with van der Waals surface area (Å²) in [4.78, 5) is 0. The predicted molar refractivity (Wildman–Crippen MR) is 99.2 cm³/mol. The molecule has 0 bridgehead atoms. The molecule has 3 heteroatoms. The fraction of sp³-hybridized carbons (Fsp3) is 0.318. The Bertz CT molecular complexity index is 801. The van der Waals surface area contributed by atoms with E-state index in [1.807, 2.05) is 0 Å². The van der Waals surface area contributed by atoms with Crippen LogP contribution in [0.15, 0.2) is 60.9 Å². The maximum atomic E-state index is 2.36. The van der Waals surface area contributed by atoms with Crippen LogP contribution in [0.4, 0.5) is 0 Å². The Balaban J connectivity index is 0.00000225. The van der Waals surface area contributed by atoms with Crippen LogP contribution in [0.3, 0.4) is 0 Å². The van der Waals surface area contributed by atoms with Gasteiger partial charge in [0, 0.05) is 0 Å². The van der Waals surface area contributed by atoms with E-state index in [2.05, 4.69) is 97.9 Å². The van der Waals surface area contributed by atoms with Crippen molar-refractivity contribution in [1.82, 2.24) is 4.57 Å². The molecule has 0 aliphatic rings. The standard InChI is InChI=1S/C22H27N2.BrH/c1-5-24-15-14-23(4)22(24)21(20-12-8-18(3)9-13-20)16-19-10-6-17(2)7-11-19;/h6-15,21H,5,16H2,1-4H3;1H/q+1;/p-1. The molecular weight excluding hydrogens is 372 g/mol. The second-order valence-electron chi connectivity index (χ2n) is 6.71. The van der Waals surface area contributed by atoms with E-state index in [9.17, 15) is 0 Å². The summed E-state index contributed by atoms with van der Waals surface area (Å²) in [6.45, 7) is 7.49. The van der Waals surface area contributed by atoms with Gasteiger partial charge in [0.25, 0.3) is 5.82 Å². The van der Waals surface area contributed by atoms with Crippen molar-refractivity contribution in [3.8, 4) is 0 Å². The maximum absolute atomic E-state index is 2.36. The smallest absolute Gasteiger partial charge is 0.264 e. The highest BCUT2D eigenvalue weighted by molar-refractivity contribution is 5.31. The summed E-state index contributed by atoms with van der Waals surface area (Å²) in [6.07, 6.45) is 5.36. The minimum atomic E-state index is 0. The van der Waals surface area contributed by atoms with Crippen LogP contribution in [0.1, 0.15) is 40.9 Å². The van der Waals surface area contributed by atoms with Gasteiger partial charge in [-0.05, 0) is 38.3 Å². The Morgan fingerprint density at radius 2 is 1.48 bits per heavy atom. The minimum absolute atomic E-state index is 0. The lowest BCUT2D eigenvalue weighted by Gasteiger charge is -2.16. The number of benzene rings is 2. The molecule has 0 aliphatic heterocycles. The first kappa shape index (κ1) is 19.5. The zero-order chi connectivity index (χ0) is 17.1. The lowest BCUT2D eigenvalue weighted by atomic mass is 9.90. The number of hydrogen-bond acceptors (Lipinski definition) is 0. The van der Waals surface area contributed by atoms with Crippen LogP contribution in [0.25, 0.3) is 0 Å². The van der Waals surface area contributed by atoms with Gasteiger partial charge in [-0.2, -0.15) is 0 Å². The molecule has 2 aromatic carbocycles. The number of nitrogens with zero attached hydrogens (tertiary/aromatic N) is 2. The number of rotatable bonds is 5. The highest BCUT2D eigenvalue weighted by atomic mass is 79.9. The quantitative estimate of drug-likeness (QED) is 0.573. The Hall–Kier alpha value is -1.87. The molecule has 132 valence electrons. The van der Waals surface area contributed by atoms with Crippen molar-refractivity contribution in [3.63, 3.8) is 0 Å². The molecule has 3 aromatic rings. The van der Waals surface area contributed by atoms with Gasteiger partial charge in [-0.1, -0.05) is 59.7 Å². The molecule has 1 heterocycles. The van der Waals surface area contributed by atoms with Gasteiger partial charge in [0.15, 0.2) is 0 Å². The number of aromatic nitrogens is 2. The summed E-state index contributed by atoms with van der Waals surface area (Å²) in [7, 11) is 2.15. The molecule has 1 unspecified atom stereocenters. The van der Waals surface area contributed by atoms with Crippen LogP contribution >= 0.6 is 0 Å². The first-order chi connectivity index (χ1) is 11.6. The van der Waals surface area contributed by atoms with Crippen LogP contribution in [-0.2, 0) is 20.0 Å². The van der Waals surface area contributed by atoms with Crippen molar-refractivity contribution in [1.29, 1.82) is 0 Å². The molecule has 0 amide bonds. The average Bonchev–Trinajstić information content (AvgIpc) is 2.96. The van der Waals surface area contributed by atoms with Gasteiger partial charge in [0.1, 0.15) is 12.4 Å². The van der Waals surface area contributed by atoms with E-state index in [4.69, 9.17) is 0 Å². The average molecular weight is 399 g/mol. The van der Waals surface area contributed by atoms with Crippen molar-refractivity contribution < 1.29 is 21.5 Å². The van der Waals surface area contributed by atoms with Crippen molar-refractivity contribution >= 4 is 0 Å². The third kappa shape index (κ3) is 4.40. The second-order valence-corrected chi connectivity index (χ2v) is 6.71. The van der Waals surface area contributed by atoms with Crippen LogP contribution in [0.5, 0.6) is 0 Å². The van der Waals surface area contributed by atoms with Crippen LogP contribution in [0.2, 0.25) is 0 Å². The van der Waals surface area contributed by atoms with E-state index < -0.39 is 0 Å². The Labute approximate surface area is 161 Å². The van der Waals surface area contributed by atoms with Gasteiger partial charge in [0.05, 0.1) is 19.5 Å². The first-order valence-electron chi connectivity index (χ1n) is 8.75. The number of halogens is 1. The second kappa shape index (κ2) is 8.48. The Kier molecular flexibility index (Phi) is 6.60. The highest BCUT2D eigenvalue weighted by Crippen LogP contribution is 2.27. The summed E-state index contributed by atoms with van der Waals surface area (Å²) in [6, 6.07) is 17.9. The number of aryl methyl sites for hydroxylation is 4. The van der Waals surface area contributed by atoms with E-state index in [1.165, 1.54) is 28.1 Å². The fourth-order valence-corrected chi connectivity index (χ4v) is 3.37. The predicted octanol–water partition coefficient (Wildman–Crippen LogP) is 1.33. The van der Waals surface area contributed by atoms with Gasteiger partial charge in [-0.15, -0.1) is 0 Å². The number of imidazole rings is 1. The molecule has 0 aliphatic carbocycles. The number of hydrogen-bond donors (Lipinski definition) is 0. The molecule has 0 fully saturated rings. The third-order valence-corrected chi connectivity index (χ3v) is 4.82. The monoisotopic (exact) mass is 398 g/mol. The summed E-state index contributed by atoms with van der Waals surface area (Å²) in [5, 5.41) is 0. The topological polar surface area (TPSA) is 8.81 Å². The molecule has 0 spiro atoms. The molecule has 1 atom stereocenters. The van der Waals surface area contributed by atoms with E-state index in [0.29, 0.717) is 5.92 Å². The van der Waals surface area contributed by atoms with E-state index in [1.54, 1.807) is 0 Å². The lowest BCUT2D eigenvalue weighted by molar-refractivity contribution is -0.679. The van der Waals surface area contributed by atoms with Crippen LogP contribution < -0.4 is 21.5 Å². The lowest BCUT2D eigenvalue weighted by Crippen LogP contribution is -3.00. The summed E-state index contributed by atoms with van der Waals surface area (Å²) in [5.41, 5.74) is 5.39. The molecule has 0 radical (unpaired) electrons. The Morgan fingerprint density at radius 3 is 2.04 bits per heavy atom. The summed E-state index contributed by atoms with van der Waals surface area (Å²) < 4.78 is 4.63. The summed E-state index contributed by atoms with van der Waals surface area (Å²) >= 11 is 0. The van der Waals surface area contributed by atoms with Crippen molar-refractivity contribution in [2.75, 3.05) is 0 Å². The fourth-order valence-electron chi connectivity index (χ4n) is 3.37. The maximum Gasteiger partial charge on any atom is 0.264 e. The molecule has 0 saturated carbocycles. The Morgan fingerprint density at radius 1 is 0.920 bits per heavy atom. The van der Waals surface area contributed by atoms with Crippen molar-refractivity contribution in [2.45, 2.75) is 39.7 Å². The van der Waals surface area contributed by atoms with Gasteiger partial charge in [-0.3, -0.25) is 0 Å². The zero-order valence-corrected chi connectivity index (χ0v) is 17.1. The van der Waals surface area contributed by atoms with Crippen molar-refractivity contribution in [3.05, 3.63) is 89.0 Å². The van der Waals surface area contributed by atoms with E-state index in [-0.39, 0.29) is 17.0 Å². The van der Waals surface area contributed by atoms with Gasteiger partial charge < -0.3 is 17.0 Å². The molecule has 3 rings (SSSR count).